The van der Waals surface area contributed by atoms with Crippen LogP contribution in [-0.4, -0.2) is 29.5 Å². The first-order valence-electron chi connectivity index (χ1n) is 5.37. The lowest BCUT2D eigenvalue weighted by Crippen LogP contribution is -2.14. The molecule has 0 saturated heterocycles. The fourth-order valence-corrected chi connectivity index (χ4v) is 2.50. The fraction of sp³-hybridized carbons (Fsp3) is 0.0909. The number of hydrogen-bond donors (Lipinski definition) is 3. The summed E-state index contributed by atoms with van der Waals surface area (Å²) < 4.78 is 39.5. The molecule has 0 saturated carbocycles. The molecule has 0 unspecified atom stereocenters. The summed E-state index contributed by atoms with van der Waals surface area (Å²) in [5.41, 5.74) is -0.620. The molecular formula is C11H10FN3O4S. The minimum absolute atomic E-state index is 0.211. The molecule has 0 aliphatic rings. The summed E-state index contributed by atoms with van der Waals surface area (Å²) >= 11 is 0. The van der Waals surface area contributed by atoms with Crippen molar-refractivity contribution in [3.05, 3.63) is 41.6 Å². The number of sulfonamides is 1. The van der Waals surface area contributed by atoms with Gasteiger partial charge in [0.05, 0.1) is 17.4 Å². The van der Waals surface area contributed by atoms with Crippen molar-refractivity contribution in [2.24, 2.45) is 0 Å². The van der Waals surface area contributed by atoms with Crippen LogP contribution in [0.25, 0.3) is 0 Å². The van der Waals surface area contributed by atoms with Crippen LogP contribution in [0, 0.1) is 12.7 Å². The first-order chi connectivity index (χ1) is 9.29. The van der Waals surface area contributed by atoms with Gasteiger partial charge in [0, 0.05) is 0 Å². The molecule has 9 heteroatoms. The molecule has 1 aromatic heterocycles. The molecule has 0 radical (unpaired) electrons. The van der Waals surface area contributed by atoms with Gasteiger partial charge in [0.1, 0.15) is 11.6 Å². The maximum atomic E-state index is 13.6. The van der Waals surface area contributed by atoms with Crippen molar-refractivity contribution in [3.63, 3.8) is 0 Å². The maximum absolute atomic E-state index is 13.6. The summed E-state index contributed by atoms with van der Waals surface area (Å²) in [7, 11) is -4.00. The molecular weight excluding hydrogens is 289 g/mol. The number of aromatic amines is 1. The third-order valence-corrected chi connectivity index (χ3v) is 3.70. The largest absolute Gasteiger partial charge is 0.478 e. The lowest BCUT2D eigenvalue weighted by atomic mass is 10.2. The second-order valence-electron chi connectivity index (χ2n) is 3.94. The van der Waals surface area contributed by atoms with Crippen LogP contribution in [0.2, 0.25) is 0 Å². The number of halogens is 1. The summed E-state index contributed by atoms with van der Waals surface area (Å²) in [6.07, 6.45) is 1.10. The number of aromatic nitrogens is 2. The van der Waals surface area contributed by atoms with Crippen molar-refractivity contribution in [1.29, 1.82) is 0 Å². The quantitative estimate of drug-likeness (QED) is 0.789. The van der Waals surface area contributed by atoms with Crippen molar-refractivity contribution in [1.82, 2.24) is 9.97 Å². The van der Waals surface area contributed by atoms with Gasteiger partial charge in [0.25, 0.3) is 10.0 Å². The van der Waals surface area contributed by atoms with Crippen LogP contribution in [0.1, 0.15) is 16.2 Å². The molecule has 0 fully saturated rings. The van der Waals surface area contributed by atoms with Crippen LogP contribution >= 0.6 is 0 Å². The zero-order valence-corrected chi connectivity index (χ0v) is 11.0. The molecule has 0 atom stereocenters. The normalized spacial score (nSPS) is 11.3. The Morgan fingerprint density at radius 2 is 2.15 bits per heavy atom. The molecule has 20 heavy (non-hydrogen) atoms. The third-order valence-electron chi connectivity index (χ3n) is 2.43. The number of aryl methyl sites for hydroxylation is 1. The van der Waals surface area contributed by atoms with E-state index in [9.17, 15) is 17.6 Å². The van der Waals surface area contributed by atoms with Gasteiger partial charge >= 0.3 is 5.97 Å². The molecule has 1 aromatic carbocycles. The molecule has 0 aliphatic carbocycles. The monoisotopic (exact) mass is 299 g/mol. The summed E-state index contributed by atoms with van der Waals surface area (Å²) in [5, 5.41) is 8.48. The highest BCUT2D eigenvalue weighted by Gasteiger charge is 2.19. The number of carboxylic acid groups (broad SMARTS) is 1. The SMILES string of the molecule is Cc1ncc(S(=O)(=O)Nc2ccc(C(=O)O)cc2F)[nH]1. The summed E-state index contributed by atoms with van der Waals surface area (Å²) in [5.74, 6) is -1.89. The van der Waals surface area contributed by atoms with Crippen LogP contribution in [0.5, 0.6) is 0 Å². The van der Waals surface area contributed by atoms with E-state index in [0.717, 1.165) is 24.4 Å². The summed E-state index contributed by atoms with van der Waals surface area (Å²) in [6.45, 7) is 1.57. The van der Waals surface area contributed by atoms with Crippen LogP contribution in [0.4, 0.5) is 10.1 Å². The van der Waals surface area contributed by atoms with E-state index in [4.69, 9.17) is 5.11 Å². The van der Waals surface area contributed by atoms with Crippen LogP contribution in [0.3, 0.4) is 0 Å². The Balaban J connectivity index is 2.32. The average Bonchev–Trinajstić information content (AvgIpc) is 2.79. The average molecular weight is 299 g/mol. The van der Waals surface area contributed by atoms with Gasteiger partial charge < -0.3 is 10.1 Å². The predicted octanol–water partition coefficient (Wildman–Crippen LogP) is 1.36. The van der Waals surface area contributed by atoms with Crippen molar-refractivity contribution in [2.45, 2.75) is 11.9 Å². The Kier molecular flexibility index (Phi) is 3.45. The van der Waals surface area contributed by atoms with E-state index < -0.39 is 21.8 Å². The number of carbonyl (C=O) groups is 1. The Morgan fingerprint density at radius 3 is 2.65 bits per heavy atom. The second kappa shape index (κ2) is 4.93. The zero-order chi connectivity index (χ0) is 14.9. The van der Waals surface area contributed by atoms with Crippen molar-refractivity contribution in [2.75, 3.05) is 4.72 Å². The van der Waals surface area contributed by atoms with E-state index in [1.807, 2.05) is 4.72 Å². The number of hydrogen-bond acceptors (Lipinski definition) is 4. The number of nitrogens with zero attached hydrogens (tertiary/aromatic N) is 1. The molecule has 1 heterocycles. The van der Waals surface area contributed by atoms with Gasteiger partial charge in [0.15, 0.2) is 5.03 Å². The maximum Gasteiger partial charge on any atom is 0.335 e. The summed E-state index contributed by atoms with van der Waals surface area (Å²) in [4.78, 5) is 16.9. The smallest absolute Gasteiger partial charge is 0.335 e. The number of H-pyrrole nitrogens is 1. The van der Waals surface area contributed by atoms with Crippen molar-refractivity contribution >= 4 is 21.7 Å². The highest BCUT2D eigenvalue weighted by molar-refractivity contribution is 7.92. The van der Waals surface area contributed by atoms with Gasteiger partial charge in [-0.3, -0.25) is 4.72 Å². The first-order valence-corrected chi connectivity index (χ1v) is 6.85. The van der Waals surface area contributed by atoms with Crippen LogP contribution in [0.15, 0.2) is 29.4 Å². The van der Waals surface area contributed by atoms with E-state index in [1.54, 1.807) is 6.92 Å². The van der Waals surface area contributed by atoms with Gasteiger partial charge in [-0.15, -0.1) is 0 Å². The number of benzene rings is 1. The molecule has 0 spiro atoms. The number of nitrogens with one attached hydrogen (secondary N) is 2. The van der Waals surface area contributed by atoms with Gasteiger partial charge in [-0.2, -0.15) is 8.42 Å². The number of imidazole rings is 1. The molecule has 0 bridgehead atoms. The molecule has 0 aliphatic heterocycles. The van der Waals surface area contributed by atoms with E-state index in [0.29, 0.717) is 5.82 Å². The summed E-state index contributed by atoms with van der Waals surface area (Å²) in [6, 6.07) is 2.87. The third kappa shape index (κ3) is 2.77. The predicted molar refractivity (Wildman–Crippen MR) is 67.5 cm³/mol. The fourth-order valence-electron chi connectivity index (χ4n) is 1.47. The zero-order valence-electron chi connectivity index (χ0n) is 10.2. The van der Waals surface area contributed by atoms with Gasteiger partial charge in [0.2, 0.25) is 0 Å². The van der Waals surface area contributed by atoms with E-state index in [1.165, 1.54) is 0 Å². The highest BCUT2D eigenvalue weighted by atomic mass is 32.2. The van der Waals surface area contributed by atoms with Crippen molar-refractivity contribution in [3.8, 4) is 0 Å². The molecule has 2 rings (SSSR count). The van der Waals surface area contributed by atoms with Crippen LogP contribution < -0.4 is 4.72 Å². The molecule has 2 aromatic rings. The number of carboxylic acids is 1. The van der Waals surface area contributed by atoms with Gasteiger partial charge in [-0.25, -0.2) is 14.2 Å². The number of rotatable bonds is 4. The van der Waals surface area contributed by atoms with Gasteiger partial charge in [-0.05, 0) is 25.1 Å². The second-order valence-corrected chi connectivity index (χ2v) is 5.59. The molecule has 3 N–H and O–H groups in total. The van der Waals surface area contributed by atoms with Gasteiger partial charge in [-0.1, -0.05) is 0 Å². The van der Waals surface area contributed by atoms with E-state index in [2.05, 4.69) is 9.97 Å². The Labute approximate surface area is 113 Å². The van der Waals surface area contributed by atoms with E-state index >= 15 is 0 Å². The lowest BCUT2D eigenvalue weighted by Gasteiger charge is -2.07. The lowest BCUT2D eigenvalue weighted by molar-refractivity contribution is 0.0696. The number of aromatic carboxylic acids is 1. The number of anilines is 1. The van der Waals surface area contributed by atoms with E-state index in [-0.39, 0.29) is 16.3 Å². The first kappa shape index (κ1) is 14.0. The molecule has 7 nitrogen and oxygen atoms in total. The Morgan fingerprint density at radius 1 is 1.45 bits per heavy atom. The standard InChI is InChI=1S/C11H10FN3O4S/c1-6-13-5-10(14-6)20(18,19)15-9-3-2-7(11(16)17)4-8(9)12/h2-5,15H,1H3,(H,13,14)(H,16,17). The molecule has 0 amide bonds. The Bertz CT molecular complexity index is 770. The topological polar surface area (TPSA) is 112 Å². The highest BCUT2D eigenvalue weighted by Crippen LogP contribution is 2.19. The minimum atomic E-state index is -4.00. The minimum Gasteiger partial charge on any atom is -0.478 e. The Hall–Kier alpha value is -2.42. The van der Waals surface area contributed by atoms with Crippen LogP contribution in [-0.2, 0) is 10.0 Å². The van der Waals surface area contributed by atoms with Crippen molar-refractivity contribution < 1.29 is 22.7 Å². The molecule has 106 valence electrons.